The van der Waals surface area contributed by atoms with Gasteiger partial charge in [0.05, 0.1) is 25.7 Å². The molecule has 1 N–H and O–H groups in total. The second-order valence-corrected chi connectivity index (χ2v) is 8.13. The molecular weight excluding hydrogens is 352 g/mol. The van der Waals surface area contributed by atoms with Crippen molar-refractivity contribution in [2.75, 3.05) is 52.5 Å². The second kappa shape index (κ2) is 8.23. The van der Waals surface area contributed by atoms with E-state index in [2.05, 4.69) is 38.0 Å². The van der Waals surface area contributed by atoms with Gasteiger partial charge in [-0.1, -0.05) is 6.07 Å². The van der Waals surface area contributed by atoms with Gasteiger partial charge in [0.15, 0.2) is 0 Å². The summed E-state index contributed by atoms with van der Waals surface area (Å²) in [5.74, 6) is 2.41. The first-order chi connectivity index (χ1) is 13.9. The summed E-state index contributed by atoms with van der Waals surface area (Å²) in [4.78, 5) is 13.0. The Bertz CT molecular complexity index is 773. The van der Waals surface area contributed by atoms with Crippen LogP contribution in [0.2, 0.25) is 0 Å². The maximum Gasteiger partial charge on any atom is 0.119 e. The Morgan fingerprint density at radius 3 is 2.96 bits per heavy atom. The molecule has 6 nitrogen and oxygen atoms in total. The minimum Gasteiger partial charge on any atom is -0.494 e. The third-order valence-electron chi connectivity index (χ3n) is 6.41. The van der Waals surface area contributed by atoms with E-state index in [1.54, 1.807) is 0 Å². The molecule has 0 aliphatic carbocycles. The normalized spacial score (nSPS) is 25.4. The number of morpholine rings is 1. The molecule has 2 unspecified atom stereocenters. The molecule has 4 heterocycles. The molecule has 0 bridgehead atoms. The lowest BCUT2D eigenvalue weighted by Crippen LogP contribution is -2.37. The number of ether oxygens (including phenoxy) is 2. The largest absolute Gasteiger partial charge is 0.494 e. The van der Waals surface area contributed by atoms with E-state index in [0.717, 1.165) is 64.0 Å². The summed E-state index contributed by atoms with van der Waals surface area (Å²) in [6, 6.07) is 7.25. The zero-order chi connectivity index (χ0) is 18.8. The molecule has 1 aromatic carbocycles. The highest BCUT2D eigenvalue weighted by atomic mass is 16.5. The lowest BCUT2D eigenvalue weighted by molar-refractivity contribution is 0.0358. The molecule has 0 saturated carbocycles. The quantitative estimate of drug-likeness (QED) is 0.779. The second-order valence-electron chi connectivity index (χ2n) is 8.13. The van der Waals surface area contributed by atoms with Crippen LogP contribution in [0.15, 0.2) is 30.6 Å². The molecule has 1 aromatic heterocycles. The first-order valence-corrected chi connectivity index (χ1v) is 10.7. The van der Waals surface area contributed by atoms with E-state index in [-0.39, 0.29) is 0 Å². The van der Waals surface area contributed by atoms with Gasteiger partial charge < -0.3 is 14.5 Å². The highest BCUT2D eigenvalue weighted by Gasteiger charge is 2.37. The van der Waals surface area contributed by atoms with Crippen LogP contribution in [0, 0.1) is 0 Å². The lowest BCUT2D eigenvalue weighted by atomic mass is 9.85. The predicted molar refractivity (Wildman–Crippen MR) is 108 cm³/mol. The number of fused-ring (bicyclic) bond motifs is 3. The monoisotopic (exact) mass is 382 g/mol. The van der Waals surface area contributed by atoms with Crippen LogP contribution in [0.25, 0.3) is 0 Å². The van der Waals surface area contributed by atoms with E-state index in [9.17, 15) is 0 Å². The van der Waals surface area contributed by atoms with Gasteiger partial charge in [0, 0.05) is 44.6 Å². The van der Waals surface area contributed by atoms with E-state index in [0.29, 0.717) is 12.0 Å². The summed E-state index contributed by atoms with van der Waals surface area (Å²) in [6.45, 7) is 7.92. The molecular formula is C22H30N4O2. The summed E-state index contributed by atoms with van der Waals surface area (Å²) in [5, 5.41) is 0. The van der Waals surface area contributed by atoms with Gasteiger partial charge in [0.25, 0.3) is 0 Å². The van der Waals surface area contributed by atoms with Crippen LogP contribution in [0.1, 0.15) is 48.2 Å². The van der Waals surface area contributed by atoms with E-state index in [4.69, 9.17) is 9.47 Å². The Hall–Kier alpha value is -1.89. The summed E-state index contributed by atoms with van der Waals surface area (Å²) in [7, 11) is 0. The Balaban J connectivity index is 1.27. The third kappa shape index (κ3) is 3.69. The molecule has 3 aliphatic heterocycles. The highest BCUT2D eigenvalue weighted by molar-refractivity contribution is 5.44. The van der Waals surface area contributed by atoms with Crippen LogP contribution >= 0.6 is 0 Å². The Morgan fingerprint density at radius 2 is 2.11 bits per heavy atom. The maximum absolute atomic E-state index is 6.14. The third-order valence-corrected chi connectivity index (χ3v) is 6.41. The van der Waals surface area contributed by atoms with Gasteiger partial charge in [-0.15, -0.1) is 0 Å². The van der Waals surface area contributed by atoms with Gasteiger partial charge in [0.1, 0.15) is 11.6 Å². The molecule has 150 valence electrons. The number of nitrogens with zero attached hydrogens (tertiary/aromatic N) is 3. The molecule has 2 fully saturated rings. The predicted octanol–water partition coefficient (Wildman–Crippen LogP) is 2.79. The average Bonchev–Trinajstić information content (AvgIpc) is 3.43. The zero-order valence-corrected chi connectivity index (χ0v) is 16.5. The fourth-order valence-corrected chi connectivity index (χ4v) is 4.98. The molecule has 6 heteroatoms. The molecule has 0 amide bonds. The van der Waals surface area contributed by atoms with Gasteiger partial charge in [-0.25, -0.2) is 4.98 Å². The van der Waals surface area contributed by atoms with Crippen LogP contribution in [0.4, 0.5) is 0 Å². The number of H-pyrrole nitrogens is 1. The minimum absolute atomic E-state index is 0.328. The van der Waals surface area contributed by atoms with Crippen molar-refractivity contribution in [2.45, 2.75) is 31.2 Å². The van der Waals surface area contributed by atoms with Gasteiger partial charge in [-0.3, -0.25) is 9.80 Å². The van der Waals surface area contributed by atoms with Crippen LogP contribution < -0.4 is 4.74 Å². The summed E-state index contributed by atoms with van der Waals surface area (Å²) >= 11 is 0. The number of aromatic amines is 1. The molecule has 3 aliphatic rings. The topological polar surface area (TPSA) is 53.6 Å². The smallest absolute Gasteiger partial charge is 0.119 e. The number of benzene rings is 1. The van der Waals surface area contributed by atoms with Crippen molar-refractivity contribution in [3.8, 4) is 5.75 Å². The molecule has 2 atom stereocenters. The first-order valence-electron chi connectivity index (χ1n) is 10.7. The average molecular weight is 383 g/mol. The lowest BCUT2D eigenvalue weighted by Gasteiger charge is -2.36. The van der Waals surface area contributed by atoms with Gasteiger partial charge in [-0.05, 0) is 49.1 Å². The standard InChI is InChI=1S/C22H30N4O2/c1-3-21-19-15-17(28-12-2-8-25-10-13-27-14-11-25)4-5-18(19)20(16-26(21)9-1)22-23-6-7-24-22/h4-7,15,20-21H,1-3,8-14,16H2,(H,23,24). The van der Waals surface area contributed by atoms with Crippen molar-refractivity contribution in [3.05, 3.63) is 47.5 Å². The van der Waals surface area contributed by atoms with Crippen LogP contribution in [0.5, 0.6) is 5.75 Å². The van der Waals surface area contributed by atoms with Gasteiger partial charge >= 0.3 is 0 Å². The molecule has 2 aromatic rings. The van der Waals surface area contributed by atoms with Crippen molar-refractivity contribution in [1.82, 2.24) is 19.8 Å². The van der Waals surface area contributed by atoms with Gasteiger partial charge in [0.2, 0.25) is 0 Å². The number of hydrogen-bond acceptors (Lipinski definition) is 5. The maximum atomic E-state index is 6.14. The Kier molecular flexibility index (Phi) is 5.34. The molecule has 28 heavy (non-hydrogen) atoms. The highest BCUT2D eigenvalue weighted by Crippen LogP contribution is 2.44. The summed E-state index contributed by atoms with van der Waals surface area (Å²) in [6.07, 6.45) is 7.37. The number of aromatic nitrogens is 2. The van der Waals surface area contributed by atoms with E-state index in [1.807, 2.05) is 12.4 Å². The number of hydrogen-bond donors (Lipinski definition) is 1. The Labute approximate surface area is 166 Å². The van der Waals surface area contributed by atoms with Crippen molar-refractivity contribution >= 4 is 0 Å². The number of nitrogens with one attached hydrogen (secondary N) is 1. The van der Waals surface area contributed by atoms with E-state index >= 15 is 0 Å². The van der Waals surface area contributed by atoms with Crippen LogP contribution in [-0.2, 0) is 4.74 Å². The van der Waals surface area contributed by atoms with Crippen molar-refractivity contribution in [3.63, 3.8) is 0 Å². The number of rotatable bonds is 6. The van der Waals surface area contributed by atoms with E-state index < -0.39 is 0 Å². The van der Waals surface area contributed by atoms with Gasteiger partial charge in [-0.2, -0.15) is 0 Å². The van der Waals surface area contributed by atoms with Crippen LogP contribution in [-0.4, -0.2) is 72.3 Å². The molecule has 0 radical (unpaired) electrons. The molecule has 5 rings (SSSR count). The Morgan fingerprint density at radius 1 is 1.18 bits per heavy atom. The van der Waals surface area contributed by atoms with E-state index in [1.165, 1.54) is 30.5 Å². The zero-order valence-electron chi connectivity index (χ0n) is 16.5. The fraction of sp³-hybridized carbons (Fsp3) is 0.591. The van der Waals surface area contributed by atoms with Crippen molar-refractivity contribution in [1.29, 1.82) is 0 Å². The molecule has 0 spiro atoms. The summed E-state index contributed by atoms with van der Waals surface area (Å²) in [5.41, 5.74) is 2.86. The number of imidazole rings is 1. The van der Waals surface area contributed by atoms with Crippen molar-refractivity contribution < 1.29 is 9.47 Å². The summed E-state index contributed by atoms with van der Waals surface area (Å²) < 4.78 is 11.6. The van der Waals surface area contributed by atoms with Crippen LogP contribution in [0.3, 0.4) is 0 Å². The SMILES string of the molecule is c1c[nH]c(C2CN3CCCC3c3cc(OCCCN4CCOCC4)ccc32)n1. The fourth-order valence-electron chi connectivity index (χ4n) is 4.98. The first kappa shape index (κ1) is 18.2. The molecule has 2 saturated heterocycles. The minimum atomic E-state index is 0.328. The van der Waals surface area contributed by atoms with Crippen molar-refractivity contribution in [2.24, 2.45) is 0 Å².